The maximum Gasteiger partial charge on any atom is 0.203 e. The average Bonchev–Trinajstić information content (AvgIpc) is 3.37. The molecule has 2 aliphatic heterocycles. The Morgan fingerprint density at radius 2 is 1.62 bits per heavy atom. The lowest BCUT2D eigenvalue weighted by molar-refractivity contribution is 0.286. The zero-order valence-corrected chi connectivity index (χ0v) is 20.2. The van der Waals surface area contributed by atoms with Gasteiger partial charge in [-0.1, -0.05) is 24.3 Å². The highest BCUT2D eigenvalue weighted by Crippen LogP contribution is 2.40. The minimum absolute atomic E-state index is 0. The number of amidine groups is 1. The molecule has 0 fully saturated rings. The van der Waals surface area contributed by atoms with Gasteiger partial charge in [0.15, 0.2) is 11.5 Å². The molecule has 0 bridgehead atoms. The molecule has 2 aliphatic rings. The third-order valence-electron chi connectivity index (χ3n) is 5.96. The van der Waals surface area contributed by atoms with Crippen LogP contribution < -0.4 is 18.9 Å². The summed E-state index contributed by atoms with van der Waals surface area (Å²) >= 11 is 0. The SMILES string of the molecule is COc1ccc(COc2ccc(C3=Cc4ccccc4C4=NCCN34)cc2)c(OC)c1OC.Cl. The van der Waals surface area contributed by atoms with Crippen molar-refractivity contribution in [3.8, 4) is 23.0 Å². The van der Waals surface area contributed by atoms with Crippen molar-refractivity contribution in [1.29, 1.82) is 0 Å². The summed E-state index contributed by atoms with van der Waals surface area (Å²) in [5.74, 6) is 3.63. The third kappa shape index (κ3) is 4.17. The number of hydrogen-bond acceptors (Lipinski definition) is 6. The first-order valence-electron chi connectivity index (χ1n) is 10.9. The third-order valence-corrected chi connectivity index (χ3v) is 5.96. The van der Waals surface area contributed by atoms with E-state index in [-0.39, 0.29) is 12.4 Å². The molecule has 0 atom stereocenters. The fourth-order valence-electron chi connectivity index (χ4n) is 4.36. The summed E-state index contributed by atoms with van der Waals surface area (Å²) in [6.45, 7) is 2.06. The lowest BCUT2D eigenvalue weighted by atomic mass is 9.97. The lowest BCUT2D eigenvalue weighted by Crippen LogP contribution is -2.30. The summed E-state index contributed by atoms with van der Waals surface area (Å²) in [5.41, 5.74) is 5.57. The summed E-state index contributed by atoms with van der Waals surface area (Å²) in [6, 6.07) is 20.4. The van der Waals surface area contributed by atoms with Gasteiger partial charge >= 0.3 is 0 Å². The summed E-state index contributed by atoms with van der Waals surface area (Å²) in [7, 11) is 4.81. The summed E-state index contributed by atoms with van der Waals surface area (Å²) in [6.07, 6.45) is 2.24. The fraction of sp³-hybridized carbons (Fsp3) is 0.222. The fourth-order valence-corrected chi connectivity index (χ4v) is 4.36. The molecule has 0 spiro atoms. The predicted molar refractivity (Wildman–Crippen MR) is 137 cm³/mol. The second-order valence-corrected chi connectivity index (χ2v) is 7.78. The van der Waals surface area contributed by atoms with Crippen molar-refractivity contribution in [2.45, 2.75) is 6.61 Å². The smallest absolute Gasteiger partial charge is 0.203 e. The van der Waals surface area contributed by atoms with E-state index >= 15 is 0 Å². The molecular weight excluding hydrogens is 452 g/mol. The molecule has 0 saturated heterocycles. The van der Waals surface area contributed by atoms with E-state index in [4.69, 9.17) is 23.9 Å². The zero-order chi connectivity index (χ0) is 22.8. The normalized spacial score (nSPS) is 13.7. The monoisotopic (exact) mass is 478 g/mol. The van der Waals surface area contributed by atoms with Gasteiger partial charge in [-0.25, -0.2) is 0 Å². The summed E-state index contributed by atoms with van der Waals surface area (Å²) in [5, 5.41) is 0. The number of rotatable bonds is 7. The number of benzene rings is 3. The first-order chi connectivity index (χ1) is 16.2. The van der Waals surface area contributed by atoms with E-state index in [2.05, 4.69) is 47.4 Å². The molecule has 0 amide bonds. The van der Waals surface area contributed by atoms with E-state index in [0.29, 0.717) is 23.9 Å². The Morgan fingerprint density at radius 3 is 2.35 bits per heavy atom. The molecule has 176 valence electrons. The Balaban J connectivity index is 0.00000274. The predicted octanol–water partition coefficient (Wildman–Crippen LogP) is 5.29. The van der Waals surface area contributed by atoms with Crippen LogP contribution in [0.2, 0.25) is 0 Å². The Morgan fingerprint density at radius 1 is 0.853 bits per heavy atom. The number of nitrogens with zero attached hydrogens (tertiary/aromatic N) is 2. The number of methoxy groups -OCH3 is 3. The van der Waals surface area contributed by atoms with Crippen molar-refractivity contribution in [1.82, 2.24) is 4.90 Å². The second-order valence-electron chi connectivity index (χ2n) is 7.78. The molecule has 7 heteroatoms. The van der Waals surface area contributed by atoms with Crippen LogP contribution >= 0.6 is 12.4 Å². The molecule has 0 unspecified atom stereocenters. The molecule has 3 aromatic carbocycles. The van der Waals surface area contributed by atoms with Crippen molar-refractivity contribution in [2.24, 2.45) is 4.99 Å². The van der Waals surface area contributed by atoms with E-state index in [1.54, 1.807) is 21.3 Å². The van der Waals surface area contributed by atoms with Gasteiger partial charge in [-0.15, -0.1) is 12.4 Å². The highest BCUT2D eigenvalue weighted by atomic mass is 35.5. The van der Waals surface area contributed by atoms with Crippen LogP contribution in [0.5, 0.6) is 23.0 Å². The van der Waals surface area contributed by atoms with E-state index in [1.807, 2.05) is 24.3 Å². The minimum Gasteiger partial charge on any atom is -0.493 e. The molecule has 6 nitrogen and oxygen atoms in total. The molecule has 2 heterocycles. The lowest BCUT2D eigenvalue weighted by Gasteiger charge is -2.29. The van der Waals surface area contributed by atoms with Gasteiger partial charge < -0.3 is 23.8 Å². The molecule has 0 radical (unpaired) electrons. The Labute approximate surface area is 205 Å². The number of ether oxygens (including phenoxy) is 4. The summed E-state index contributed by atoms with van der Waals surface area (Å²) in [4.78, 5) is 7.04. The van der Waals surface area contributed by atoms with Crippen LogP contribution in [0.15, 0.2) is 65.7 Å². The maximum absolute atomic E-state index is 6.06. The molecule has 0 N–H and O–H groups in total. The van der Waals surface area contributed by atoms with Crippen molar-refractivity contribution in [3.05, 3.63) is 82.9 Å². The van der Waals surface area contributed by atoms with Crippen LogP contribution in [0.1, 0.15) is 22.3 Å². The molecule has 34 heavy (non-hydrogen) atoms. The standard InChI is InChI=1S/C27H26N2O4.ClH/c1-30-24-13-10-20(25(31-2)26(24)32-3)17-33-21-11-8-18(9-12-21)23-16-19-6-4-5-7-22(19)27-28-14-15-29(23)27;/h4-13,16H,14-15,17H2,1-3H3;1H. The van der Waals surface area contributed by atoms with Crippen molar-refractivity contribution < 1.29 is 18.9 Å². The molecule has 5 rings (SSSR count). The van der Waals surface area contributed by atoms with E-state index < -0.39 is 0 Å². The largest absolute Gasteiger partial charge is 0.493 e. The first-order valence-corrected chi connectivity index (χ1v) is 10.9. The Bertz CT molecular complexity index is 1240. The van der Waals surface area contributed by atoms with E-state index in [9.17, 15) is 0 Å². The van der Waals surface area contributed by atoms with Crippen molar-refractivity contribution in [3.63, 3.8) is 0 Å². The number of hydrogen-bond donors (Lipinski definition) is 0. The molecule has 0 aromatic heterocycles. The van der Waals surface area contributed by atoms with Gasteiger partial charge in [-0.2, -0.15) is 0 Å². The van der Waals surface area contributed by atoms with Gasteiger partial charge in [0, 0.05) is 17.7 Å². The van der Waals surface area contributed by atoms with Crippen LogP contribution in [0.25, 0.3) is 11.8 Å². The molecule has 3 aromatic rings. The van der Waals surface area contributed by atoms with Gasteiger partial charge in [0.25, 0.3) is 0 Å². The van der Waals surface area contributed by atoms with E-state index in [0.717, 1.165) is 41.5 Å². The van der Waals surface area contributed by atoms with Crippen LogP contribution in [0, 0.1) is 0 Å². The molecular formula is C27H27ClN2O4. The van der Waals surface area contributed by atoms with Gasteiger partial charge in [0.05, 0.1) is 33.6 Å². The second kappa shape index (κ2) is 10.1. The highest BCUT2D eigenvalue weighted by molar-refractivity contribution is 6.12. The first kappa shape index (κ1) is 23.5. The van der Waals surface area contributed by atoms with Crippen LogP contribution in [-0.4, -0.2) is 45.2 Å². The molecule has 0 aliphatic carbocycles. The Hall–Kier alpha value is -3.64. The van der Waals surface area contributed by atoms with Crippen molar-refractivity contribution >= 4 is 30.0 Å². The van der Waals surface area contributed by atoms with Gasteiger partial charge in [-0.05, 0) is 53.6 Å². The van der Waals surface area contributed by atoms with Crippen molar-refractivity contribution in [2.75, 3.05) is 34.4 Å². The maximum atomic E-state index is 6.06. The van der Waals surface area contributed by atoms with E-state index in [1.165, 1.54) is 11.1 Å². The minimum atomic E-state index is 0. The van der Waals surface area contributed by atoms with Crippen LogP contribution in [0.4, 0.5) is 0 Å². The van der Waals surface area contributed by atoms with Crippen LogP contribution in [0.3, 0.4) is 0 Å². The van der Waals surface area contributed by atoms with Gasteiger partial charge in [0.2, 0.25) is 5.75 Å². The quantitative estimate of drug-likeness (QED) is 0.462. The zero-order valence-electron chi connectivity index (χ0n) is 19.4. The van der Waals surface area contributed by atoms with Crippen LogP contribution in [-0.2, 0) is 6.61 Å². The number of aliphatic imine (C=N–C) groups is 1. The topological polar surface area (TPSA) is 52.5 Å². The highest BCUT2D eigenvalue weighted by Gasteiger charge is 2.28. The summed E-state index contributed by atoms with van der Waals surface area (Å²) < 4.78 is 22.4. The van der Waals surface area contributed by atoms with Gasteiger partial charge in [0.1, 0.15) is 18.2 Å². The number of halogens is 1. The average molecular weight is 479 g/mol. The van der Waals surface area contributed by atoms with Gasteiger partial charge in [-0.3, -0.25) is 4.99 Å². The molecule has 0 saturated carbocycles. The Kier molecular flexibility index (Phi) is 6.98. The number of fused-ring (bicyclic) bond motifs is 3.